The van der Waals surface area contributed by atoms with Gasteiger partial charge in [0.2, 0.25) is 0 Å². The van der Waals surface area contributed by atoms with Crippen LogP contribution < -0.4 is 5.32 Å². The van der Waals surface area contributed by atoms with Crippen LogP contribution in [-0.2, 0) is 7.05 Å². The predicted molar refractivity (Wildman–Crippen MR) is 62.9 cm³/mol. The summed E-state index contributed by atoms with van der Waals surface area (Å²) in [4.78, 5) is 0. The van der Waals surface area contributed by atoms with Crippen molar-refractivity contribution in [2.45, 2.75) is 18.9 Å². The highest BCUT2D eigenvalue weighted by molar-refractivity contribution is 5.84. The molecular formula is C13H16N2. The molecule has 1 aromatic heterocycles. The van der Waals surface area contributed by atoms with Crippen molar-refractivity contribution < 1.29 is 0 Å². The molecule has 1 fully saturated rings. The standard InChI is InChI=1S/C13H16N2/c1-15-9-11(12-6-4-8-14-12)10-5-2-3-7-13(10)15/h2-3,5,7,9,12,14H,4,6,8H2,1H3/t12-/m1/s1. The van der Waals surface area contributed by atoms with Crippen LogP contribution in [0.15, 0.2) is 30.5 Å². The van der Waals surface area contributed by atoms with E-state index in [1.165, 1.54) is 29.3 Å². The number of nitrogens with one attached hydrogen (secondary N) is 1. The van der Waals surface area contributed by atoms with Crippen LogP contribution in [-0.4, -0.2) is 11.1 Å². The van der Waals surface area contributed by atoms with Crippen LogP contribution in [0.2, 0.25) is 0 Å². The van der Waals surface area contributed by atoms with Gasteiger partial charge >= 0.3 is 0 Å². The van der Waals surface area contributed by atoms with E-state index in [9.17, 15) is 0 Å². The highest BCUT2D eigenvalue weighted by Crippen LogP contribution is 2.30. The van der Waals surface area contributed by atoms with Crippen molar-refractivity contribution in [1.29, 1.82) is 0 Å². The molecule has 0 aliphatic carbocycles. The fourth-order valence-corrected chi connectivity index (χ4v) is 2.60. The molecular weight excluding hydrogens is 184 g/mol. The van der Waals surface area contributed by atoms with E-state index in [4.69, 9.17) is 0 Å². The van der Waals surface area contributed by atoms with E-state index >= 15 is 0 Å². The van der Waals surface area contributed by atoms with Gasteiger partial charge in [-0.25, -0.2) is 0 Å². The maximum absolute atomic E-state index is 3.57. The third-order valence-corrected chi connectivity index (χ3v) is 3.36. The van der Waals surface area contributed by atoms with Crippen molar-refractivity contribution in [2.24, 2.45) is 7.05 Å². The van der Waals surface area contributed by atoms with Gasteiger partial charge in [0.1, 0.15) is 0 Å². The molecule has 78 valence electrons. The molecule has 1 aromatic carbocycles. The highest BCUT2D eigenvalue weighted by Gasteiger charge is 2.19. The van der Waals surface area contributed by atoms with Crippen LogP contribution in [0.4, 0.5) is 0 Å². The first-order valence-corrected chi connectivity index (χ1v) is 5.63. The maximum Gasteiger partial charge on any atom is 0.0481 e. The minimum atomic E-state index is 0.566. The molecule has 0 unspecified atom stereocenters. The van der Waals surface area contributed by atoms with E-state index in [0.717, 1.165) is 6.54 Å². The summed E-state index contributed by atoms with van der Waals surface area (Å²) in [6.45, 7) is 1.16. The van der Waals surface area contributed by atoms with Crippen molar-refractivity contribution in [3.63, 3.8) is 0 Å². The number of para-hydroxylation sites is 1. The van der Waals surface area contributed by atoms with Crippen LogP contribution in [0.3, 0.4) is 0 Å². The zero-order valence-corrected chi connectivity index (χ0v) is 9.03. The summed E-state index contributed by atoms with van der Waals surface area (Å²) < 4.78 is 2.23. The molecule has 1 aliphatic heterocycles. The maximum atomic E-state index is 3.57. The number of nitrogens with zero attached hydrogens (tertiary/aromatic N) is 1. The molecule has 1 saturated heterocycles. The van der Waals surface area contributed by atoms with Gasteiger partial charge in [-0.1, -0.05) is 18.2 Å². The van der Waals surface area contributed by atoms with Crippen molar-refractivity contribution in [1.82, 2.24) is 9.88 Å². The van der Waals surface area contributed by atoms with Gasteiger partial charge in [-0.2, -0.15) is 0 Å². The molecule has 2 heteroatoms. The first-order chi connectivity index (χ1) is 7.36. The number of rotatable bonds is 1. The highest BCUT2D eigenvalue weighted by atomic mass is 15.0. The van der Waals surface area contributed by atoms with Crippen molar-refractivity contribution in [3.05, 3.63) is 36.0 Å². The lowest BCUT2D eigenvalue weighted by Crippen LogP contribution is -2.12. The topological polar surface area (TPSA) is 17.0 Å². The first kappa shape index (κ1) is 8.98. The lowest BCUT2D eigenvalue weighted by molar-refractivity contribution is 0.650. The second kappa shape index (κ2) is 3.38. The largest absolute Gasteiger partial charge is 0.350 e. The van der Waals surface area contributed by atoms with E-state index in [0.29, 0.717) is 6.04 Å². The third kappa shape index (κ3) is 1.37. The average Bonchev–Trinajstić information content (AvgIpc) is 2.87. The Hall–Kier alpha value is -1.28. The smallest absolute Gasteiger partial charge is 0.0481 e. The van der Waals surface area contributed by atoms with E-state index in [2.05, 4.69) is 47.4 Å². The van der Waals surface area contributed by atoms with E-state index in [1.807, 2.05) is 0 Å². The van der Waals surface area contributed by atoms with Gasteiger partial charge in [-0.3, -0.25) is 0 Å². The van der Waals surface area contributed by atoms with Gasteiger partial charge in [0.05, 0.1) is 0 Å². The van der Waals surface area contributed by atoms with Gasteiger partial charge in [0.15, 0.2) is 0 Å². The molecule has 2 heterocycles. The minimum Gasteiger partial charge on any atom is -0.350 e. The Morgan fingerprint density at radius 1 is 1.33 bits per heavy atom. The van der Waals surface area contributed by atoms with Crippen molar-refractivity contribution >= 4 is 10.9 Å². The van der Waals surface area contributed by atoms with Gasteiger partial charge in [0, 0.05) is 30.2 Å². The van der Waals surface area contributed by atoms with E-state index in [1.54, 1.807) is 0 Å². The molecule has 1 aliphatic rings. The third-order valence-electron chi connectivity index (χ3n) is 3.36. The van der Waals surface area contributed by atoms with Gasteiger partial charge < -0.3 is 9.88 Å². The van der Waals surface area contributed by atoms with Crippen LogP contribution in [0, 0.1) is 0 Å². The second-order valence-electron chi connectivity index (χ2n) is 4.36. The number of aromatic nitrogens is 1. The lowest BCUT2D eigenvalue weighted by Gasteiger charge is -2.08. The Kier molecular flexibility index (Phi) is 2.03. The fourth-order valence-electron chi connectivity index (χ4n) is 2.60. The zero-order valence-electron chi connectivity index (χ0n) is 9.03. The molecule has 0 spiro atoms. The average molecular weight is 200 g/mol. The van der Waals surface area contributed by atoms with Crippen LogP contribution in [0.5, 0.6) is 0 Å². The molecule has 0 bridgehead atoms. The Balaban J connectivity index is 2.17. The molecule has 0 saturated carbocycles. The summed E-state index contributed by atoms with van der Waals surface area (Å²) in [5, 5.41) is 4.97. The summed E-state index contributed by atoms with van der Waals surface area (Å²) in [5.41, 5.74) is 2.80. The quantitative estimate of drug-likeness (QED) is 0.748. The summed E-state index contributed by atoms with van der Waals surface area (Å²) in [7, 11) is 2.13. The molecule has 15 heavy (non-hydrogen) atoms. The minimum absolute atomic E-state index is 0.566. The summed E-state index contributed by atoms with van der Waals surface area (Å²) in [5.74, 6) is 0. The van der Waals surface area contributed by atoms with Gasteiger partial charge in [-0.05, 0) is 31.0 Å². The van der Waals surface area contributed by atoms with Gasteiger partial charge in [-0.15, -0.1) is 0 Å². The number of fused-ring (bicyclic) bond motifs is 1. The van der Waals surface area contributed by atoms with Crippen LogP contribution in [0.1, 0.15) is 24.4 Å². The SMILES string of the molecule is Cn1cc([C@H]2CCCN2)c2ccccc21. The monoisotopic (exact) mass is 200 g/mol. The molecule has 1 atom stereocenters. The molecule has 0 amide bonds. The van der Waals surface area contributed by atoms with Crippen molar-refractivity contribution in [2.75, 3.05) is 6.54 Å². The van der Waals surface area contributed by atoms with E-state index < -0.39 is 0 Å². The second-order valence-corrected chi connectivity index (χ2v) is 4.36. The van der Waals surface area contributed by atoms with Crippen LogP contribution in [0.25, 0.3) is 10.9 Å². The number of hydrogen-bond acceptors (Lipinski definition) is 1. The summed E-state index contributed by atoms with van der Waals surface area (Å²) in [6, 6.07) is 9.21. The Morgan fingerprint density at radius 2 is 2.20 bits per heavy atom. The Bertz CT molecular complexity index is 478. The van der Waals surface area contributed by atoms with Crippen molar-refractivity contribution in [3.8, 4) is 0 Å². The molecule has 1 N–H and O–H groups in total. The molecule has 2 aromatic rings. The van der Waals surface area contributed by atoms with Crippen LogP contribution >= 0.6 is 0 Å². The normalized spacial score (nSPS) is 21.3. The predicted octanol–water partition coefficient (Wildman–Crippen LogP) is 2.60. The molecule has 3 rings (SSSR count). The first-order valence-electron chi connectivity index (χ1n) is 5.63. The fraction of sp³-hybridized carbons (Fsp3) is 0.385. The Morgan fingerprint density at radius 3 is 3.00 bits per heavy atom. The number of hydrogen-bond donors (Lipinski definition) is 1. The number of aryl methyl sites for hydroxylation is 1. The summed E-state index contributed by atoms with van der Waals surface area (Å²) in [6.07, 6.45) is 4.84. The number of benzene rings is 1. The summed E-state index contributed by atoms with van der Waals surface area (Å²) >= 11 is 0. The zero-order chi connectivity index (χ0) is 10.3. The van der Waals surface area contributed by atoms with E-state index in [-0.39, 0.29) is 0 Å². The molecule has 0 radical (unpaired) electrons. The Labute approximate surface area is 89.9 Å². The van der Waals surface area contributed by atoms with Gasteiger partial charge in [0.25, 0.3) is 0 Å². The lowest BCUT2D eigenvalue weighted by atomic mass is 10.0. The molecule has 2 nitrogen and oxygen atoms in total.